The van der Waals surface area contributed by atoms with Crippen LogP contribution in [0, 0.1) is 0 Å². The van der Waals surface area contributed by atoms with E-state index in [0.717, 1.165) is 55.8 Å². The summed E-state index contributed by atoms with van der Waals surface area (Å²) in [5.41, 5.74) is 14.0. The van der Waals surface area contributed by atoms with Gasteiger partial charge in [-0.1, -0.05) is 178 Å². The Morgan fingerprint density at radius 3 is 1.37 bits per heavy atom. The zero-order chi connectivity index (χ0) is 39.5. The summed E-state index contributed by atoms with van der Waals surface area (Å²) in [5, 5.41) is 0. The minimum absolute atomic E-state index is 0.135. The van der Waals surface area contributed by atoms with Gasteiger partial charge in [-0.25, -0.2) is 15.0 Å². The van der Waals surface area contributed by atoms with E-state index in [0.29, 0.717) is 34.7 Å². The van der Waals surface area contributed by atoms with Crippen molar-refractivity contribution in [2.45, 2.75) is 19.3 Å². The number of aromatic nitrogens is 3. The van der Waals surface area contributed by atoms with E-state index in [2.05, 4.69) is 172 Å². The lowest BCUT2D eigenvalue weighted by Gasteiger charge is -2.25. The minimum atomic E-state index is -0.135. The average Bonchev–Trinajstić information content (AvgIpc) is 3.52. The predicted molar refractivity (Wildman–Crippen MR) is 237 cm³/mol. The third-order valence-corrected chi connectivity index (χ3v) is 11.6. The Labute approximate surface area is 343 Å². The van der Waals surface area contributed by atoms with E-state index in [4.69, 9.17) is 24.4 Å². The van der Waals surface area contributed by atoms with Crippen LogP contribution in [0.15, 0.2) is 188 Å². The van der Waals surface area contributed by atoms with Crippen LogP contribution >= 0.6 is 0 Å². The first-order valence-electron chi connectivity index (χ1n) is 19.9. The molecule has 0 saturated heterocycles. The number of benzene rings is 8. The molecule has 11 rings (SSSR count). The molecule has 9 aromatic rings. The summed E-state index contributed by atoms with van der Waals surface area (Å²) in [6.07, 6.45) is 0. The molecular formula is C54H37N3O2. The molecule has 0 unspecified atom stereocenters. The molecule has 1 aliphatic carbocycles. The molecule has 0 atom stereocenters. The fourth-order valence-corrected chi connectivity index (χ4v) is 8.51. The molecule has 0 N–H and O–H groups in total. The number of hydrogen-bond acceptors (Lipinski definition) is 5. The van der Waals surface area contributed by atoms with Crippen molar-refractivity contribution in [3.8, 4) is 102 Å². The minimum Gasteiger partial charge on any atom is -0.450 e. The van der Waals surface area contributed by atoms with E-state index in [-0.39, 0.29) is 5.41 Å². The summed E-state index contributed by atoms with van der Waals surface area (Å²) in [5.74, 6) is 4.54. The summed E-state index contributed by atoms with van der Waals surface area (Å²) in [4.78, 5) is 15.4. The Balaban J connectivity index is 0.985. The molecule has 0 bridgehead atoms. The smallest absolute Gasteiger partial charge is 0.170 e. The molecule has 0 fully saturated rings. The van der Waals surface area contributed by atoms with Gasteiger partial charge in [0.05, 0.1) is 0 Å². The fourth-order valence-electron chi connectivity index (χ4n) is 8.51. The van der Waals surface area contributed by atoms with Crippen LogP contribution in [-0.2, 0) is 5.41 Å². The van der Waals surface area contributed by atoms with Crippen molar-refractivity contribution in [3.05, 3.63) is 199 Å². The maximum Gasteiger partial charge on any atom is 0.170 e. The highest BCUT2D eigenvalue weighted by atomic mass is 16.6. The van der Waals surface area contributed by atoms with Crippen molar-refractivity contribution < 1.29 is 9.47 Å². The van der Waals surface area contributed by atoms with Crippen LogP contribution in [0.25, 0.3) is 78.7 Å². The Bertz CT molecular complexity index is 2950. The van der Waals surface area contributed by atoms with E-state index in [1.165, 1.54) is 22.3 Å². The van der Waals surface area contributed by atoms with Crippen LogP contribution in [-0.4, -0.2) is 15.0 Å². The molecule has 5 heteroatoms. The van der Waals surface area contributed by atoms with Crippen LogP contribution in [0.1, 0.15) is 25.0 Å². The molecule has 0 radical (unpaired) electrons. The fraction of sp³-hybridized carbons (Fsp3) is 0.0556. The van der Waals surface area contributed by atoms with Gasteiger partial charge in [-0.15, -0.1) is 0 Å². The Morgan fingerprint density at radius 2 is 0.746 bits per heavy atom. The lowest BCUT2D eigenvalue weighted by Crippen LogP contribution is -2.15. The van der Waals surface area contributed by atoms with Gasteiger partial charge in [0, 0.05) is 22.1 Å². The molecule has 59 heavy (non-hydrogen) atoms. The predicted octanol–water partition coefficient (Wildman–Crippen LogP) is 14.1. The second-order valence-corrected chi connectivity index (χ2v) is 15.6. The van der Waals surface area contributed by atoms with Crippen LogP contribution in [0.5, 0.6) is 23.0 Å². The van der Waals surface area contributed by atoms with E-state index >= 15 is 0 Å². The van der Waals surface area contributed by atoms with Crippen molar-refractivity contribution in [1.29, 1.82) is 0 Å². The van der Waals surface area contributed by atoms with Gasteiger partial charge < -0.3 is 9.47 Å². The highest BCUT2D eigenvalue weighted by Crippen LogP contribution is 2.55. The van der Waals surface area contributed by atoms with Crippen molar-refractivity contribution in [3.63, 3.8) is 0 Å². The van der Waals surface area contributed by atoms with E-state index in [1.807, 2.05) is 30.3 Å². The molecule has 0 spiro atoms. The summed E-state index contributed by atoms with van der Waals surface area (Å²) < 4.78 is 13.2. The summed E-state index contributed by atoms with van der Waals surface area (Å²) in [6, 6.07) is 64.9. The summed E-state index contributed by atoms with van der Waals surface area (Å²) in [6.45, 7) is 4.54. The van der Waals surface area contributed by atoms with Crippen molar-refractivity contribution in [2.75, 3.05) is 0 Å². The van der Waals surface area contributed by atoms with Crippen LogP contribution in [0.4, 0.5) is 0 Å². The van der Waals surface area contributed by atoms with Gasteiger partial charge in [0.15, 0.2) is 40.5 Å². The number of fused-ring (bicyclic) bond motifs is 5. The second-order valence-electron chi connectivity index (χ2n) is 15.6. The molecule has 2 heterocycles. The van der Waals surface area contributed by atoms with E-state index < -0.39 is 0 Å². The van der Waals surface area contributed by atoms with Crippen LogP contribution in [0.3, 0.4) is 0 Å². The summed E-state index contributed by atoms with van der Waals surface area (Å²) in [7, 11) is 0. The first-order valence-corrected chi connectivity index (χ1v) is 19.9. The number of ether oxygens (including phenoxy) is 2. The molecule has 0 saturated carbocycles. The van der Waals surface area contributed by atoms with Crippen LogP contribution < -0.4 is 9.47 Å². The van der Waals surface area contributed by atoms with Gasteiger partial charge in [-0.3, -0.25) is 0 Å². The second kappa shape index (κ2) is 13.8. The number of rotatable bonds is 6. The zero-order valence-corrected chi connectivity index (χ0v) is 32.6. The lowest BCUT2D eigenvalue weighted by atomic mass is 9.82. The standard InChI is InChI=1S/C54H37N3O2/c1-54(2)45-20-12-11-18-42(45)44-32-49-50(33-46(44)54)58-47-30-29-40(31-48(47)59-49)41-17-9-10-19-43(41)53-56-51(38-25-21-36(22-26-38)34-13-5-3-6-14-34)55-52(57-53)39-27-23-37(24-28-39)35-15-7-4-8-16-35/h3-33H,1-2H3. The molecule has 1 aliphatic heterocycles. The molecule has 5 nitrogen and oxygen atoms in total. The third kappa shape index (κ3) is 6.07. The molecule has 0 amide bonds. The van der Waals surface area contributed by atoms with Gasteiger partial charge >= 0.3 is 0 Å². The van der Waals surface area contributed by atoms with Gasteiger partial charge in [-0.2, -0.15) is 0 Å². The highest BCUT2D eigenvalue weighted by molar-refractivity contribution is 5.85. The molecule has 2 aliphatic rings. The Kier molecular flexibility index (Phi) is 8.09. The highest BCUT2D eigenvalue weighted by Gasteiger charge is 2.37. The SMILES string of the molecule is CC1(C)c2ccccc2-c2cc3c(cc21)Oc1ccc(-c2ccccc2-c2nc(-c4ccc(-c5ccccc5)cc4)nc(-c4ccc(-c5ccccc5)cc4)n2)cc1O3. The first-order chi connectivity index (χ1) is 29.0. The quantitative estimate of drug-likeness (QED) is 0.169. The van der Waals surface area contributed by atoms with E-state index in [1.54, 1.807) is 0 Å². The van der Waals surface area contributed by atoms with Crippen molar-refractivity contribution in [2.24, 2.45) is 0 Å². The third-order valence-electron chi connectivity index (χ3n) is 11.6. The molecule has 8 aromatic carbocycles. The van der Waals surface area contributed by atoms with Gasteiger partial charge in [0.2, 0.25) is 0 Å². The van der Waals surface area contributed by atoms with Crippen LogP contribution in [0.2, 0.25) is 0 Å². The molecular weight excluding hydrogens is 723 g/mol. The van der Waals surface area contributed by atoms with Crippen molar-refractivity contribution >= 4 is 0 Å². The molecule has 280 valence electrons. The Morgan fingerprint density at radius 1 is 0.305 bits per heavy atom. The maximum atomic E-state index is 6.66. The monoisotopic (exact) mass is 759 g/mol. The number of hydrogen-bond donors (Lipinski definition) is 0. The average molecular weight is 760 g/mol. The first kappa shape index (κ1) is 34.6. The number of nitrogens with zero attached hydrogens (tertiary/aromatic N) is 3. The topological polar surface area (TPSA) is 57.1 Å². The van der Waals surface area contributed by atoms with Gasteiger partial charge in [0.25, 0.3) is 0 Å². The van der Waals surface area contributed by atoms with E-state index in [9.17, 15) is 0 Å². The lowest BCUT2D eigenvalue weighted by molar-refractivity contribution is 0.359. The normalized spacial score (nSPS) is 13.0. The Hall–Kier alpha value is -7.63. The van der Waals surface area contributed by atoms with Gasteiger partial charge in [0.1, 0.15) is 0 Å². The maximum absolute atomic E-state index is 6.66. The summed E-state index contributed by atoms with van der Waals surface area (Å²) >= 11 is 0. The van der Waals surface area contributed by atoms with Gasteiger partial charge in [-0.05, 0) is 79.9 Å². The largest absolute Gasteiger partial charge is 0.450 e. The zero-order valence-electron chi connectivity index (χ0n) is 32.6. The molecule has 1 aromatic heterocycles. The van der Waals surface area contributed by atoms with Crippen molar-refractivity contribution in [1.82, 2.24) is 15.0 Å².